The zero-order valence-corrected chi connectivity index (χ0v) is 15.4. The lowest BCUT2D eigenvalue weighted by Gasteiger charge is -2.64. The maximum absolute atomic E-state index is 16.7. The Balaban J connectivity index is 1.84. The van der Waals surface area contributed by atoms with Crippen LogP contribution in [0.5, 0.6) is 0 Å². The highest BCUT2D eigenvalue weighted by Crippen LogP contribution is 2.70. The molecule has 4 N–H and O–H groups in total. The zero-order valence-electron chi connectivity index (χ0n) is 15.4. The molecular formula is C20H31FO4. The molecule has 0 amide bonds. The SMILES string of the molecule is CC12CC[C@@H](O)C=C1C(O)CC1C3CC[C@](C)(O)C3(C)CC(O)[C@@]12F. The minimum atomic E-state index is -1.83. The fourth-order valence-electron chi connectivity index (χ4n) is 6.97. The molecule has 5 heteroatoms. The lowest BCUT2D eigenvalue weighted by atomic mass is 9.43. The van der Waals surface area contributed by atoms with Crippen molar-refractivity contribution in [1.29, 1.82) is 0 Å². The molecule has 9 atom stereocenters. The van der Waals surface area contributed by atoms with E-state index in [1.54, 1.807) is 19.9 Å². The summed E-state index contributed by atoms with van der Waals surface area (Å²) < 4.78 is 16.7. The van der Waals surface area contributed by atoms with Crippen molar-refractivity contribution in [3.05, 3.63) is 11.6 Å². The smallest absolute Gasteiger partial charge is 0.149 e. The molecule has 3 saturated carbocycles. The Bertz CT molecular complexity index is 619. The number of halogens is 1. The van der Waals surface area contributed by atoms with Crippen molar-refractivity contribution in [2.75, 3.05) is 0 Å². The quantitative estimate of drug-likeness (QED) is 0.502. The van der Waals surface area contributed by atoms with Gasteiger partial charge in [-0.05, 0) is 56.9 Å². The molecule has 0 aromatic carbocycles. The molecule has 0 aromatic heterocycles. The molecule has 25 heavy (non-hydrogen) atoms. The second kappa shape index (κ2) is 5.06. The summed E-state index contributed by atoms with van der Waals surface area (Å²) in [7, 11) is 0. The molecule has 0 radical (unpaired) electrons. The van der Waals surface area contributed by atoms with Crippen molar-refractivity contribution in [3.63, 3.8) is 0 Å². The van der Waals surface area contributed by atoms with Crippen molar-refractivity contribution in [3.8, 4) is 0 Å². The van der Waals surface area contributed by atoms with Crippen LogP contribution in [-0.4, -0.2) is 50.0 Å². The number of aliphatic hydroxyl groups is 4. The van der Waals surface area contributed by atoms with Crippen LogP contribution >= 0.6 is 0 Å². The van der Waals surface area contributed by atoms with Gasteiger partial charge in [-0.3, -0.25) is 0 Å². The molecule has 0 aromatic rings. The van der Waals surface area contributed by atoms with Crippen LogP contribution in [0.2, 0.25) is 0 Å². The zero-order chi connectivity index (χ0) is 18.4. The lowest BCUT2D eigenvalue weighted by Crippen LogP contribution is -2.70. The summed E-state index contributed by atoms with van der Waals surface area (Å²) in [5.41, 5.74) is -3.72. The van der Waals surface area contributed by atoms with E-state index in [1.807, 2.05) is 6.92 Å². The Morgan fingerprint density at radius 1 is 1.04 bits per heavy atom. The van der Waals surface area contributed by atoms with Gasteiger partial charge in [0, 0.05) is 16.7 Å². The summed E-state index contributed by atoms with van der Waals surface area (Å²) in [5, 5.41) is 42.7. The third-order valence-electron chi connectivity index (χ3n) is 8.75. The molecule has 3 fully saturated rings. The van der Waals surface area contributed by atoms with Crippen molar-refractivity contribution in [1.82, 2.24) is 0 Å². The first-order valence-corrected chi connectivity index (χ1v) is 9.65. The van der Waals surface area contributed by atoms with Gasteiger partial charge < -0.3 is 20.4 Å². The van der Waals surface area contributed by atoms with E-state index in [2.05, 4.69) is 0 Å². The highest BCUT2D eigenvalue weighted by atomic mass is 19.1. The molecule has 6 unspecified atom stereocenters. The van der Waals surface area contributed by atoms with E-state index in [1.165, 1.54) is 0 Å². The highest BCUT2D eigenvalue weighted by molar-refractivity contribution is 5.35. The van der Waals surface area contributed by atoms with Crippen molar-refractivity contribution >= 4 is 0 Å². The van der Waals surface area contributed by atoms with Crippen LogP contribution in [0.1, 0.15) is 59.3 Å². The van der Waals surface area contributed by atoms with E-state index in [-0.39, 0.29) is 18.8 Å². The topological polar surface area (TPSA) is 80.9 Å². The standard InChI is InChI=1S/C20H31FO4/c1-17-6-4-11(22)8-14(17)15(23)9-13-12-5-7-19(3,25)18(12,2)10-16(24)20(13,17)21/h8,11-13,15-16,22-25H,4-7,9-10H2,1-3H3/t11-,12?,13?,15?,16?,17?,18?,19+,20+/m1/s1. The van der Waals surface area contributed by atoms with Gasteiger partial charge in [0.25, 0.3) is 0 Å². The van der Waals surface area contributed by atoms with Crippen LogP contribution in [0, 0.1) is 22.7 Å². The van der Waals surface area contributed by atoms with Crippen LogP contribution in [0.15, 0.2) is 11.6 Å². The second-order valence-corrected chi connectivity index (χ2v) is 9.74. The van der Waals surface area contributed by atoms with Crippen LogP contribution in [0.3, 0.4) is 0 Å². The van der Waals surface area contributed by atoms with E-state index >= 15 is 4.39 Å². The number of alkyl halides is 1. The number of aliphatic hydroxyl groups excluding tert-OH is 3. The first-order valence-electron chi connectivity index (χ1n) is 9.65. The van der Waals surface area contributed by atoms with Gasteiger partial charge in [0.05, 0.1) is 23.9 Å². The normalized spacial score (nSPS) is 61.1. The van der Waals surface area contributed by atoms with E-state index in [0.717, 1.165) is 6.42 Å². The summed E-state index contributed by atoms with van der Waals surface area (Å²) in [6, 6.07) is 0. The maximum Gasteiger partial charge on any atom is 0.149 e. The number of hydrogen-bond donors (Lipinski definition) is 4. The number of fused-ring (bicyclic) bond motifs is 5. The summed E-state index contributed by atoms with van der Waals surface area (Å²) in [6.45, 7) is 5.57. The first-order chi connectivity index (χ1) is 11.5. The van der Waals surface area contributed by atoms with Gasteiger partial charge in [0.15, 0.2) is 0 Å². The predicted octanol–water partition coefficient (Wildman–Crippen LogP) is 2.09. The molecule has 4 aliphatic carbocycles. The van der Waals surface area contributed by atoms with E-state index in [9.17, 15) is 20.4 Å². The van der Waals surface area contributed by atoms with Gasteiger partial charge in [-0.2, -0.15) is 0 Å². The predicted molar refractivity (Wildman–Crippen MR) is 91.5 cm³/mol. The fourth-order valence-corrected chi connectivity index (χ4v) is 6.97. The number of hydrogen-bond acceptors (Lipinski definition) is 4. The molecule has 4 nitrogen and oxygen atoms in total. The highest BCUT2D eigenvalue weighted by Gasteiger charge is 2.73. The minimum Gasteiger partial charge on any atom is -0.390 e. The minimum absolute atomic E-state index is 0.0595. The summed E-state index contributed by atoms with van der Waals surface area (Å²) in [6.07, 6.45) is 1.63. The molecule has 0 aliphatic heterocycles. The first kappa shape index (κ1) is 17.9. The largest absolute Gasteiger partial charge is 0.390 e. The molecule has 0 bridgehead atoms. The molecule has 0 saturated heterocycles. The Morgan fingerprint density at radius 2 is 1.72 bits per heavy atom. The van der Waals surface area contributed by atoms with Gasteiger partial charge in [-0.1, -0.05) is 19.9 Å². The Kier molecular flexibility index (Phi) is 3.62. The molecule has 142 valence electrons. The monoisotopic (exact) mass is 354 g/mol. The molecule has 0 spiro atoms. The van der Waals surface area contributed by atoms with E-state index in [4.69, 9.17) is 0 Å². The average Bonchev–Trinajstić information content (AvgIpc) is 2.75. The summed E-state index contributed by atoms with van der Waals surface area (Å²) in [4.78, 5) is 0. The van der Waals surface area contributed by atoms with E-state index in [0.29, 0.717) is 24.8 Å². The molecule has 4 aliphatic rings. The maximum atomic E-state index is 16.7. The van der Waals surface area contributed by atoms with Crippen LogP contribution in [-0.2, 0) is 0 Å². The van der Waals surface area contributed by atoms with Crippen molar-refractivity contribution in [2.45, 2.75) is 88.9 Å². The van der Waals surface area contributed by atoms with Gasteiger partial charge in [0.2, 0.25) is 0 Å². The van der Waals surface area contributed by atoms with Crippen molar-refractivity contribution < 1.29 is 24.8 Å². The van der Waals surface area contributed by atoms with Gasteiger partial charge in [-0.25, -0.2) is 4.39 Å². The number of rotatable bonds is 0. The Labute approximate surface area is 148 Å². The lowest BCUT2D eigenvalue weighted by molar-refractivity contribution is -0.235. The molecule has 4 rings (SSSR count). The van der Waals surface area contributed by atoms with Crippen molar-refractivity contribution in [2.24, 2.45) is 22.7 Å². The molecule has 0 heterocycles. The third kappa shape index (κ3) is 1.96. The summed E-state index contributed by atoms with van der Waals surface area (Å²) >= 11 is 0. The van der Waals surface area contributed by atoms with Gasteiger partial charge in [-0.15, -0.1) is 0 Å². The van der Waals surface area contributed by atoms with Crippen LogP contribution in [0.25, 0.3) is 0 Å². The fraction of sp³-hybridized carbons (Fsp3) is 0.900. The van der Waals surface area contributed by atoms with E-state index < -0.39 is 46.3 Å². The Hall–Kier alpha value is -0.490. The average molecular weight is 354 g/mol. The van der Waals surface area contributed by atoms with Gasteiger partial charge in [0.1, 0.15) is 5.67 Å². The van der Waals surface area contributed by atoms with Crippen LogP contribution in [0.4, 0.5) is 4.39 Å². The van der Waals surface area contributed by atoms with Crippen LogP contribution < -0.4 is 0 Å². The van der Waals surface area contributed by atoms with Gasteiger partial charge >= 0.3 is 0 Å². The molecular weight excluding hydrogens is 323 g/mol. The third-order valence-corrected chi connectivity index (χ3v) is 8.75. The second-order valence-electron chi connectivity index (χ2n) is 9.74. The summed E-state index contributed by atoms with van der Waals surface area (Å²) in [5.74, 6) is -0.543. The Morgan fingerprint density at radius 3 is 2.40 bits per heavy atom.